The molecule has 2 N–H and O–H groups in total. The van der Waals surface area contributed by atoms with E-state index in [0.29, 0.717) is 11.5 Å². The summed E-state index contributed by atoms with van der Waals surface area (Å²) < 4.78 is 1.48. The van der Waals surface area contributed by atoms with Crippen molar-refractivity contribution < 1.29 is 14.7 Å². The molecule has 1 amide bonds. The molecule has 0 fully saturated rings. The number of hydrogen-bond acceptors (Lipinski definition) is 3. The van der Waals surface area contributed by atoms with Crippen molar-refractivity contribution in [2.24, 2.45) is 0 Å². The molecule has 1 aromatic heterocycles. The van der Waals surface area contributed by atoms with Crippen LogP contribution in [0.1, 0.15) is 73.5 Å². The number of nitrogens with zero attached hydrogens (tertiary/aromatic N) is 2. The minimum Gasteiger partial charge on any atom is -0.481 e. The van der Waals surface area contributed by atoms with Gasteiger partial charge in [0.15, 0.2) is 0 Å². The van der Waals surface area contributed by atoms with Crippen molar-refractivity contribution in [2.75, 3.05) is 0 Å². The molecule has 140 valence electrons. The zero-order valence-corrected chi connectivity index (χ0v) is 15.6. The number of aliphatic carboxylic acids is 1. The fourth-order valence-corrected chi connectivity index (χ4v) is 2.77. The first-order valence-corrected chi connectivity index (χ1v) is 9.09. The second kappa shape index (κ2) is 9.17. The molecule has 0 radical (unpaired) electrons. The first kappa shape index (κ1) is 19.7. The van der Waals surface area contributed by atoms with E-state index in [2.05, 4.69) is 48.5 Å². The molecule has 0 aliphatic heterocycles. The third-order valence-electron chi connectivity index (χ3n) is 4.68. The largest absolute Gasteiger partial charge is 0.481 e. The van der Waals surface area contributed by atoms with Gasteiger partial charge in [-0.3, -0.25) is 14.3 Å². The Kier molecular flexibility index (Phi) is 6.95. The van der Waals surface area contributed by atoms with Crippen LogP contribution in [0.25, 0.3) is 0 Å². The highest BCUT2D eigenvalue weighted by Gasteiger charge is 2.16. The lowest BCUT2D eigenvalue weighted by molar-refractivity contribution is -0.137. The minimum absolute atomic E-state index is 0.0249. The quantitative estimate of drug-likeness (QED) is 0.716. The van der Waals surface area contributed by atoms with E-state index in [9.17, 15) is 9.59 Å². The number of nitrogens with one attached hydrogen (secondary N) is 1. The monoisotopic (exact) mass is 357 g/mol. The molecule has 6 nitrogen and oxygen atoms in total. The standard InChI is InChI=1S/C20H27N3O3/c1-4-14(3)15-6-8-16(9-7-15)18(5-2)22-20(26)17-12-21-23(13-17)11-10-19(24)25/h6-9,12-14,18H,4-5,10-11H2,1-3H3,(H,22,26)(H,24,25). The predicted octanol–water partition coefficient (Wildman–Crippen LogP) is 3.75. The first-order chi connectivity index (χ1) is 12.4. The zero-order valence-electron chi connectivity index (χ0n) is 15.6. The van der Waals surface area contributed by atoms with Crippen LogP contribution in [0.15, 0.2) is 36.7 Å². The summed E-state index contributed by atoms with van der Waals surface area (Å²) in [6.07, 6.45) is 4.90. The van der Waals surface area contributed by atoms with E-state index < -0.39 is 5.97 Å². The molecule has 2 atom stereocenters. The van der Waals surface area contributed by atoms with Crippen LogP contribution in [0, 0.1) is 0 Å². The molecule has 0 aliphatic carbocycles. The average molecular weight is 357 g/mol. The van der Waals surface area contributed by atoms with Crippen molar-refractivity contribution in [3.63, 3.8) is 0 Å². The Hall–Kier alpha value is -2.63. The van der Waals surface area contributed by atoms with Crippen LogP contribution in [-0.4, -0.2) is 26.8 Å². The van der Waals surface area contributed by atoms with Crippen LogP contribution in [0.2, 0.25) is 0 Å². The fraction of sp³-hybridized carbons (Fsp3) is 0.450. The summed E-state index contributed by atoms with van der Waals surface area (Å²) in [7, 11) is 0. The zero-order chi connectivity index (χ0) is 19.1. The Morgan fingerprint density at radius 3 is 2.38 bits per heavy atom. The van der Waals surface area contributed by atoms with Crippen LogP contribution in [-0.2, 0) is 11.3 Å². The summed E-state index contributed by atoms with van der Waals surface area (Å²) in [6.45, 7) is 6.65. The first-order valence-electron chi connectivity index (χ1n) is 9.09. The number of carboxylic acids is 1. The normalized spacial score (nSPS) is 13.2. The van der Waals surface area contributed by atoms with E-state index in [4.69, 9.17) is 5.11 Å². The molecular formula is C20H27N3O3. The van der Waals surface area contributed by atoms with E-state index in [1.807, 2.05) is 6.92 Å². The van der Waals surface area contributed by atoms with Gasteiger partial charge in [-0.2, -0.15) is 5.10 Å². The molecule has 0 bridgehead atoms. The summed E-state index contributed by atoms with van der Waals surface area (Å²) >= 11 is 0. The summed E-state index contributed by atoms with van der Waals surface area (Å²) in [5.74, 6) is -0.571. The number of carboxylic acid groups (broad SMARTS) is 1. The second-order valence-electron chi connectivity index (χ2n) is 6.55. The van der Waals surface area contributed by atoms with Gasteiger partial charge in [0.25, 0.3) is 5.91 Å². The Morgan fingerprint density at radius 2 is 1.81 bits per heavy atom. The van der Waals surface area contributed by atoms with Crippen LogP contribution in [0.3, 0.4) is 0 Å². The molecule has 2 rings (SSSR count). The summed E-state index contributed by atoms with van der Waals surface area (Å²) in [6, 6.07) is 8.33. The van der Waals surface area contributed by atoms with E-state index in [1.54, 1.807) is 6.20 Å². The van der Waals surface area contributed by atoms with Crippen molar-refractivity contribution in [1.82, 2.24) is 15.1 Å². The van der Waals surface area contributed by atoms with Crippen molar-refractivity contribution in [1.29, 1.82) is 0 Å². The van der Waals surface area contributed by atoms with Gasteiger partial charge in [0.1, 0.15) is 0 Å². The third-order valence-corrected chi connectivity index (χ3v) is 4.68. The lowest BCUT2D eigenvalue weighted by Gasteiger charge is -2.18. The molecule has 1 heterocycles. The van der Waals surface area contributed by atoms with Crippen LogP contribution in [0.5, 0.6) is 0 Å². The molecule has 0 spiro atoms. The van der Waals surface area contributed by atoms with Gasteiger partial charge in [-0.25, -0.2) is 0 Å². The predicted molar refractivity (Wildman–Crippen MR) is 100 cm³/mol. The van der Waals surface area contributed by atoms with Crippen LogP contribution < -0.4 is 5.32 Å². The molecule has 6 heteroatoms. The Balaban J connectivity index is 2.02. The average Bonchev–Trinajstić information content (AvgIpc) is 3.13. The number of aryl methyl sites for hydroxylation is 1. The maximum Gasteiger partial charge on any atom is 0.305 e. The van der Waals surface area contributed by atoms with Crippen LogP contribution >= 0.6 is 0 Å². The third kappa shape index (κ3) is 5.18. The molecule has 2 aromatic rings. The maximum absolute atomic E-state index is 12.5. The number of carbonyl (C=O) groups is 2. The fourth-order valence-electron chi connectivity index (χ4n) is 2.77. The van der Waals surface area contributed by atoms with Gasteiger partial charge >= 0.3 is 5.97 Å². The van der Waals surface area contributed by atoms with E-state index in [1.165, 1.54) is 16.4 Å². The number of benzene rings is 1. The second-order valence-corrected chi connectivity index (χ2v) is 6.55. The summed E-state index contributed by atoms with van der Waals surface area (Å²) in [5.41, 5.74) is 2.81. The van der Waals surface area contributed by atoms with E-state index >= 15 is 0 Å². The van der Waals surface area contributed by atoms with Crippen molar-refractivity contribution in [3.05, 3.63) is 53.3 Å². The summed E-state index contributed by atoms with van der Waals surface area (Å²) in [4.78, 5) is 23.1. The molecule has 0 saturated heterocycles. The highest BCUT2D eigenvalue weighted by Crippen LogP contribution is 2.23. The van der Waals surface area contributed by atoms with E-state index in [-0.39, 0.29) is 24.9 Å². The lowest BCUT2D eigenvalue weighted by atomic mass is 9.95. The molecule has 2 unspecified atom stereocenters. The van der Waals surface area contributed by atoms with Crippen molar-refractivity contribution >= 4 is 11.9 Å². The molecule has 0 saturated carbocycles. The van der Waals surface area contributed by atoms with Gasteiger partial charge in [-0.1, -0.05) is 45.0 Å². The number of rotatable bonds is 9. The SMILES string of the molecule is CCC(C)c1ccc(C(CC)NC(=O)c2cnn(CCC(=O)O)c2)cc1. The topological polar surface area (TPSA) is 84.2 Å². The van der Waals surface area contributed by atoms with Gasteiger partial charge in [-0.15, -0.1) is 0 Å². The van der Waals surface area contributed by atoms with Crippen molar-refractivity contribution in [2.45, 2.75) is 58.5 Å². The number of aromatic nitrogens is 2. The Morgan fingerprint density at radius 1 is 1.15 bits per heavy atom. The van der Waals surface area contributed by atoms with Gasteiger partial charge in [-0.05, 0) is 29.9 Å². The molecular weight excluding hydrogens is 330 g/mol. The number of carbonyl (C=O) groups excluding carboxylic acids is 1. The highest BCUT2D eigenvalue weighted by atomic mass is 16.4. The van der Waals surface area contributed by atoms with Gasteiger partial charge < -0.3 is 10.4 Å². The van der Waals surface area contributed by atoms with Gasteiger partial charge in [0, 0.05) is 6.20 Å². The smallest absolute Gasteiger partial charge is 0.305 e. The van der Waals surface area contributed by atoms with Gasteiger partial charge in [0.05, 0.1) is 30.8 Å². The highest BCUT2D eigenvalue weighted by molar-refractivity contribution is 5.93. The molecule has 0 aliphatic rings. The molecule has 26 heavy (non-hydrogen) atoms. The van der Waals surface area contributed by atoms with Crippen LogP contribution in [0.4, 0.5) is 0 Å². The Bertz CT molecular complexity index is 737. The minimum atomic E-state index is -0.890. The van der Waals surface area contributed by atoms with Crippen molar-refractivity contribution in [3.8, 4) is 0 Å². The maximum atomic E-state index is 12.5. The molecule has 1 aromatic carbocycles. The number of amides is 1. The Labute approximate surface area is 154 Å². The lowest BCUT2D eigenvalue weighted by Crippen LogP contribution is -2.27. The number of hydrogen-bond donors (Lipinski definition) is 2. The van der Waals surface area contributed by atoms with E-state index in [0.717, 1.165) is 18.4 Å². The van der Waals surface area contributed by atoms with Gasteiger partial charge in [0.2, 0.25) is 0 Å². The summed E-state index contributed by atoms with van der Waals surface area (Å²) in [5, 5.41) is 15.8.